The van der Waals surface area contributed by atoms with Crippen molar-refractivity contribution >= 4 is 11.9 Å². The standard InChI is InChI=1S/C55H98O5/c1-4-7-10-13-16-19-22-24-26-28-29-31-34-36-39-42-45-48-54(56)59-52-53(60-55(57)49-46-43-40-37-33-21-18-15-12-9-6-3)51-58-50-47-44-41-38-35-32-30-27-25-23-20-17-14-11-8-5-2/h8,11,17,20,25,27,32,35,41,44,53H,4-7,9-10,12-16,18-19,21-24,26,28-31,33-34,36-40,42-43,45-52H2,1-3H3/b11-8-,20-17-,27-25-,35-32-,44-41-. The molecule has 0 spiro atoms. The van der Waals surface area contributed by atoms with Crippen LogP contribution in [0.5, 0.6) is 0 Å². The summed E-state index contributed by atoms with van der Waals surface area (Å²) >= 11 is 0. The molecule has 0 bridgehead atoms. The van der Waals surface area contributed by atoms with E-state index < -0.39 is 6.10 Å². The molecule has 0 saturated carbocycles. The number of esters is 2. The Morgan fingerprint density at radius 1 is 0.383 bits per heavy atom. The lowest BCUT2D eigenvalue weighted by Gasteiger charge is -2.18. The molecule has 0 aromatic carbocycles. The van der Waals surface area contributed by atoms with Crippen molar-refractivity contribution in [1.82, 2.24) is 0 Å². The first-order chi connectivity index (χ1) is 29.6. The van der Waals surface area contributed by atoms with E-state index in [4.69, 9.17) is 14.2 Å². The summed E-state index contributed by atoms with van der Waals surface area (Å²) in [6, 6.07) is 0. The fraction of sp³-hybridized carbons (Fsp3) is 0.782. The zero-order valence-corrected chi connectivity index (χ0v) is 40.0. The Kier molecular flexibility index (Phi) is 48.9. The maximum atomic E-state index is 12.8. The first kappa shape index (κ1) is 57.6. The van der Waals surface area contributed by atoms with Gasteiger partial charge in [-0.15, -0.1) is 0 Å². The van der Waals surface area contributed by atoms with Crippen LogP contribution < -0.4 is 0 Å². The fourth-order valence-corrected chi connectivity index (χ4v) is 7.28. The van der Waals surface area contributed by atoms with E-state index in [2.05, 4.69) is 81.5 Å². The van der Waals surface area contributed by atoms with Crippen LogP contribution in [0.25, 0.3) is 0 Å². The average molecular weight is 839 g/mol. The monoisotopic (exact) mass is 839 g/mol. The normalized spacial score (nSPS) is 12.7. The Hall–Kier alpha value is -2.40. The zero-order valence-electron chi connectivity index (χ0n) is 40.0. The summed E-state index contributed by atoms with van der Waals surface area (Å²) in [6.45, 7) is 7.53. The van der Waals surface area contributed by atoms with E-state index in [1.54, 1.807) is 0 Å². The van der Waals surface area contributed by atoms with Crippen LogP contribution in [0.2, 0.25) is 0 Å². The molecule has 0 N–H and O–H groups in total. The Bertz CT molecular complexity index is 1040. The van der Waals surface area contributed by atoms with Gasteiger partial charge in [0, 0.05) is 12.8 Å². The van der Waals surface area contributed by atoms with Crippen molar-refractivity contribution in [2.24, 2.45) is 0 Å². The summed E-state index contributed by atoms with van der Waals surface area (Å²) in [5, 5.41) is 0. The van der Waals surface area contributed by atoms with Gasteiger partial charge in [-0.1, -0.05) is 248 Å². The molecule has 0 rings (SSSR count). The van der Waals surface area contributed by atoms with Gasteiger partial charge in [0.2, 0.25) is 0 Å². The molecule has 0 saturated heterocycles. The van der Waals surface area contributed by atoms with Crippen LogP contribution in [0.1, 0.15) is 252 Å². The molecule has 5 nitrogen and oxygen atoms in total. The minimum absolute atomic E-state index is 0.0590. The van der Waals surface area contributed by atoms with Gasteiger partial charge in [0.05, 0.1) is 13.2 Å². The van der Waals surface area contributed by atoms with Crippen molar-refractivity contribution in [3.8, 4) is 0 Å². The molecular formula is C55H98O5. The molecule has 0 aromatic heterocycles. The summed E-state index contributed by atoms with van der Waals surface area (Å²) in [6.07, 6.45) is 63.9. The van der Waals surface area contributed by atoms with Crippen molar-refractivity contribution in [2.45, 2.75) is 258 Å². The summed E-state index contributed by atoms with van der Waals surface area (Å²) in [5.41, 5.74) is 0. The maximum Gasteiger partial charge on any atom is 0.306 e. The molecule has 5 heteroatoms. The quantitative estimate of drug-likeness (QED) is 0.0347. The minimum Gasteiger partial charge on any atom is -0.462 e. The molecule has 0 heterocycles. The van der Waals surface area contributed by atoms with E-state index in [1.165, 1.54) is 154 Å². The zero-order chi connectivity index (χ0) is 43.5. The van der Waals surface area contributed by atoms with Crippen LogP contribution in [0.3, 0.4) is 0 Å². The number of hydrogen-bond acceptors (Lipinski definition) is 5. The molecule has 0 aromatic rings. The van der Waals surface area contributed by atoms with E-state index in [0.717, 1.165) is 64.2 Å². The Morgan fingerprint density at radius 3 is 1.10 bits per heavy atom. The Morgan fingerprint density at radius 2 is 0.717 bits per heavy atom. The van der Waals surface area contributed by atoms with Crippen molar-refractivity contribution in [3.05, 3.63) is 60.8 Å². The molecule has 1 unspecified atom stereocenters. The van der Waals surface area contributed by atoms with Gasteiger partial charge in [0.15, 0.2) is 6.10 Å². The number of rotatable bonds is 47. The lowest BCUT2D eigenvalue weighted by atomic mass is 10.0. The van der Waals surface area contributed by atoms with Gasteiger partial charge in [-0.25, -0.2) is 0 Å². The van der Waals surface area contributed by atoms with Crippen LogP contribution in [-0.2, 0) is 23.8 Å². The molecule has 0 amide bonds. The third kappa shape index (κ3) is 48.3. The highest BCUT2D eigenvalue weighted by atomic mass is 16.6. The van der Waals surface area contributed by atoms with Crippen LogP contribution in [0.4, 0.5) is 0 Å². The van der Waals surface area contributed by atoms with E-state index in [9.17, 15) is 9.59 Å². The number of unbranched alkanes of at least 4 members (excludes halogenated alkanes) is 26. The highest BCUT2D eigenvalue weighted by Gasteiger charge is 2.17. The number of allylic oxidation sites excluding steroid dienone is 9. The number of ether oxygens (including phenoxy) is 3. The lowest BCUT2D eigenvalue weighted by molar-refractivity contribution is -0.162. The second-order valence-electron chi connectivity index (χ2n) is 17.1. The predicted octanol–water partition coefficient (Wildman–Crippen LogP) is 17.3. The molecule has 0 aliphatic rings. The van der Waals surface area contributed by atoms with Crippen molar-refractivity contribution in [2.75, 3.05) is 19.8 Å². The molecule has 0 radical (unpaired) electrons. The molecule has 348 valence electrons. The third-order valence-corrected chi connectivity index (χ3v) is 11.1. The number of carbonyl (C=O) groups is 2. The summed E-state index contributed by atoms with van der Waals surface area (Å²) in [5.74, 6) is -0.428. The maximum absolute atomic E-state index is 12.8. The highest BCUT2D eigenvalue weighted by molar-refractivity contribution is 5.70. The second kappa shape index (κ2) is 51.0. The largest absolute Gasteiger partial charge is 0.462 e. The van der Waals surface area contributed by atoms with Gasteiger partial charge >= 0.3 is 11.9 Å². The van der Waals surface area contributed by atoms with E-state index in [0.29, 0.717) is 19.4 Å². The van der Waals surface area contributed by atoms with Gasteiger partial charge < -0.3 is 14.2 Å². The smallest absolute Gasteiger partial charge is 0.306 e. The Labute approximate surface area is 373 Å². The van der Waals surface area contributed by atoms with E-state index in [-0.39, 0.29) is 25.2 Å². The Balaban J connectivity index is 4.30. The molecule has 0 aliphatic heterocycles. The first-order valence-electron chi connectivity index (χ1n) is 25.8. The second-order valence-corrected chi connectivity index (χ2v) is 17.1. The van der Waals surface area contributed by atoms with Gasteiger partial charge in [0.25, 0.3) is 0 Å². The van der Waals surface area contributed by atoms with Gasteiger partial charge in [-0.2, -0.15) is 0 Å². The molecule has 0 fully saturated rings. The summed E-state index contributed by atoms with van der Waals surface area (Å²) < 4.78 is 17.3. The molecular weight excluding hydrogens is 741 g/mol. The fourth-order valence-electron chi connectivity index (χ4n) is 7.28. The number of hydrogen-bond donors (Lipinski definition) is 0. The number of carbonyl (C=O) groups excluding carboxylic acids is 2. The van der Waals surface area contributed by atoms with Gasteiger partial charge in [-0.05, 0) is 51.4 Å². The summed E-state index contributed by atoms with van der Waals surface area (Å²) in [7, 11) is 0. The SMILES string of the molecule is CC/C=C\C/C=C\C/C=C\C/C=C\C/C=C\CCOCC(COC(=O)CCCCCCCCCCCCCCCCCCC)OC(=O)CCCCCCCCCCCCC. The molecule has 0 aliphatic carbocycles. The van der Waals surface area contributed by atoms with Crippen molar-refractivity contribution in [3.63, 3.8) is 0 Å². The highest BCUT2D eigenvalue weighted by Crippen LogP contribution is 2.16. The average Bonchev–Trinajstić information content (AvgIpc) is 3.25. The first-order valence-corrected chi connectivity index (χ1v) is 25.8. The predicted molar refractivity (Wildman–Crippen MR) is 261 cm³/mol. The minimum atomic E-state index is -0.571. The van der Waals surface area contributed by atoms with Crippen LogP contribution in [0.15, 0.2) is 60.8 Å². The van der Waals surface area contributed by atoms with Crippen LogP contribution in [-0.4, -0.2) is 37.9 Å². The van der Waals surface area contributed by atoms with Crippen LogP contribution >= 0.6 is 0 Å². The molecule has 1 atom stereocenters. The lowest BCUT2D eigenvalue weighted by Crippen LogP contribution is -2.30. The van der Waals surface area contributed by atoms with E-state index >= 15 is 0 Å². The van der Waals surface area contributed by atoms with Gasteiger partial charge in [0.1, 0.15) is 6.61 Å². The van der Waals surface area contributed by atoms with Crippen LogP contribution in [0, 0.1) is 0 Å². The van der Waals surface area contributed by atoms with Crippen molar-refractivity contribution in [1.29, 1.82) is 0 Å². The topological polar surface area (TPSA) is 61.8 Å². The third-order valence-electron chi connectivity index (χ3n) is 11.1. The van der Waals surface area contributed by atoms with Crippen molar-refractivity contribution < 1.29 is 23.8 Å². The van der Waals surface area contributed by atoms with E-state index in [1.807, 2.05) is 0 Å². The van der Waals surface area contributed by atoms with Gasteiger partial charge in [-0.3, -0.25) is 9.59 Å². The summed E-state index contributed by atoms with van der Waals surface area (Å²) in [4.78, 5) is 25.3. The molecule has 60 heavy (non-hydrogen) atoms.